The average Bonchev–Trinajstić information content (AvgIpc) is 2.41. The molecule has 1 aromatic carbocycles. The van der Waals surface area contributed by atoms with E-state index in [1.165, 1.54) is 0 Å². The predicted octanol–water partition coefficient (Wildman–Crippen LogP) is 1.51. The monoisotopic (exact) mass is 248 g/mol. The van der Waals surface area contributed by atoms with Gasteiger partial charge < -0.3 is 9.53 Å². The van der Waals surface area contributed by atoms with E-state index < -0.39 is 0 Å². The molecule has 0 saturated heterocycles. The van der Waals surface area contributed by atoms with Crippen LogP contribution in [0.1, 0.15) is 25.3 Å². The maximum atomic E-state index is 10.1. The van der Waals surface area contributed by atoms with Gasteiger partial charge in [0.1, 0.15) is 12.0 Å². The van der Waals surface area contributed by atoms with E-state index in [1.54, 1.807) is 6.92 Å². The van der Waals surface area contributed by atoms with Crippen LogP contribution in [0.3, 0.4) is 0 Å². The highest BCUT2D eigenvalue weighted by Crippen LogP contribution is 2.13. The lowest BCUT2D eigenvalue weighted by Gasteiger charge is -2.06. The molecule has 0 aromatic heterocycles. The number of unbranched alkanes of at least 4 members (excludes halogenated alkanes) is 1. The summed E-state index contributed by atoms with van der Waals surface area (Å²) in [6, 6.07) is 7.38. The number of amides is 1. The van der Waals surface area contributed by atoms with Crippen molar-refractivity contribution in [3.8, 4) is 5.75 Å². The molecule has 0 fully saturated rings. The van der Waals surface area contributed by atoms with Crippen LogP contribution >= 0.6 is 0 Å². The topological polar surface area (TPSA) is 67.8 Å². The molecular formula is C13H16N2O3. The van der Waals surface area contributed by atoms with Crippen LogP contribution in [0.25, 0.3) is 0 Å². The zero-order chi connectivity index (χ0) is 13.2. The number of hydrogen-bond acceptors (Lipinski definition) is 4. The lowest BCUT2D eigenvalue weighted by atomic mass is 10.1. The summed E-state index contributed by atoms with van der Waals surface area (Å²) in [6.07, 6.45) is 2.64. The summed E-state index contributed by atoms with van der Waals surface area (Å²) in [5.74, 6) is 0.751. The Bertz CT molecular complexity index is 413. The molecule has 1 N–H and O–H groups in total. The van der Waals surface area contributed by atoms with E-state index >= 15 is 0 Å². The standard InChI is InChI=1S/C13H16N2O3/c1-11(15-14-10-17)12-4-6-13(7-5-12)18-9-3-2-8-16/h4-8,10H,2-3,9H2,1H3,(H,14,17)/b15-11+. The minimum Gasteiger partial charge on any atom is -0.494 e. The molecule has 0 aliphatic heterocycles. The summed E-state index contributed by atoms with van der Waals surface area (Å²) in [6.45, 7) is 2.33. The van der Waals surface area contributed by atoms with Crippen LogP contribution in [0.4, 0.5) is 0 Å². The Morgan fingerprint density at radius 1 is 1.33 bits per heavy atom. The third-order valence-electron chi connectivity index (χ3n) is 2.29. The number of carbonyl (C=O) groups excluding carboxylic acids is 2. The number of rotatable bonds is 8. The summed E-state index contributed by atoms with van der Waals surface area (Å²) in [7, 11) is 0. The molecule has 5 heteroatoms. The minimum absolute atomic E-state index is 0.515. The Kier molecular flexibility index (Phi) is 6.17. The van der Waals surface area contributed by atoms with Gasteiger partial charge in [-0.2, -0.15) is 5.10 Å². The zero-order valence-electron chi connectivity index (χ0n) is 10.3. The van der Waals surface area contributed by atoms with E-state index in [-0.39, 0.29) is 0 Å². The fourth-order valence-electron chi connectivity index (χ4n) is 1.34. The molecule has 0 bridgehead atoms. The lowest BCUT2D eigenvalue weighted by molar-refractivity contribution is -0.109. The quantitative estimate of drug-likeness (QED) is 0.328. The Hall–Kier alpha value is -2.17. The van der Waals surface area contributed by atoms with Crippen LogP contribution in [0, 0.1) is 0 Å². The van der Waals surface area contributed by atoms with E-state index in [0.717, 1.165) is 29.7 Å². The molecule has 0 radical (unpaired) electrons. The number of nitrogens with one attached hydrogen (secondary N) is 1. The molecule has 5 nitrogen and oxygen atoms in total. The first-order valence-corrected chi connectivity index (χ1v) is 5.68. The van der Waals surface area contributed by atoms with Gasteiger partial charge in [0.25, 0.3) is 0 Å². The first kappa shape index (κ1) is 13.9. The molecule has 96 valence electrons. The van der Waals surface area contributed by atoms with Crippen molar-refractivity contribution in [3.63, 3.8) is 0 Å². The zero-order valence-corrected chi connectivity index (χ0v) is 10.3. The molecule has 18 heavy (non-hydrogen) atoms. The van der Waals surface area contributed by atoms with Crippen LogP contribution in [-0.2, 0) is 9.59 Å². The van der Waals surface area contributed by atoms with Gasteiger partial charge in [0.05, 0.1) is 12.3 Å². The first-order valence-electron chi connectivity index (χ1n) is 5.68. The van der Waals surface area contributed by atoms with Gasteiger partial charge >= 0.3 is 0 Å². The maximum absolute atomic E-state index is 10.1. The second kappa shape index (κ2) is 8.00. The largest absolute Gasteiger partial charge is 0.494 e. The number of nitrogens with zero attached hydrogens (tertiary/aromatic N) is 1. The number of benzene rings is 1. The molecule has 1 amide bonds. The second-order valence-electron chi connectivity index (χ2n) is 3.63. The average molecular weight is 248 g/mol. The van der Waals surface area contributed by atoms with E-state index in [1.807, 2.05) is 24.3 Å². The Morgan fingerprint density at radius 3 is 2.67 bits per heavy atom. The van der Waals surface area contributed by atoms with E-state index in [0.29, 0.717) is 19.4 Å². The number of hydrogen-bond donors (Lipinski definition) is 1. The lowest BCUT2D eigenvalue weighted by Crippen LogP contribution is -2.06. The number of hydrazone groups is 1. The summed E-state index contributed by atoms with van der Waals surface area (Å²) in [4.78, 5) is 20.2. The summed E-state index contributed by atoms with van der Waals surface area (Å²) < 4.78 is 5.45. The minimum atomic E-state index is 0.515. The Balaban J connectivity index is 2.51. The maximum Gasteiger partial charge on any atom is 0.227 e. The SMILES string of the molecule is C/C(=N\NC=O)c1ccc(OCCCC=O)cc1. The van der Waals surface area contributed by atoms with Gasteiger partial charge in [-0.1, -0.05) is 0 Å². The number of aldehydes is 1. The van der Waals surface area contributed by atoms with Crippen LogP contribution < -0.4 is 10.2 Å². The molecule has 0 heterocycles. The van der Waals surface area contributed by atoms with Gasteiger partial charge in [0.15, 0.2) is 0 Å². The molecule has 0 spiro atoms. The summed E-state index contributed by atoms with van der Waals surface area (Å²) in [5, 5.41) is 3.85. The molecule has 0 aliphatic carbocycles. The Labute approximate surface area is 106 Å². The van der Waals surface area contributed by atoms with Crippen molar-refractivity contribution in [1.82, 2.24) is 5.43 Å². The highest BCUT2D eigenvalue weighted by Gasteiger charge is 1.98. The van der Waals surface area contributed by atoms with Gasteiger partial charge in [-0.3, -0.25) is 4.79 Å². The predicted molar refractivity (Wildman–Crippen MR) is 68.6 cm³/mol. The fourth-order valence-corrected chi connectivity index (χ4v) is 1.34. The Morgan fingerprint density at radius 2 is 2.06 bits per heavy atom. The third kappa shape index (κ3) is 4.78. The van der Waals surface area contributed by atoms with E-state index in [2.05, 4.69) is 10.5 Å². The van der Waals surface area contributed by atoms with Crippen LogP contribution in [0.2, 0.25) is 0 Å². The summed E-state index contributed by atoms with van der Waals surface area (Å²) >= 11 is 0. The molecule has 1 rings (SSSR count). The van der Waals surface area contributed by atoms with Crippen molar-refractivity contribution in [1.29, 1.82) is 0 Å². The van der Waals surface area contributed by atoms with Gasteiger partial charge in [0, 0.05) is 6.42 Å². The normalized spacial score (nSPS) is 10.8. The van der Waals surface area contributed by atoms with Crippen molar-refractivity contribution in [2.45, 2.75) is 19.8 Å². The van der Waals surface area contributed by atoms with Gasteiger partial charge in [-0.25, -0.2) is 5.43 Å². The molecule has 0 unspecified atom stereocenters. The molecular weight excluding hydrogens is 232 g/mol. The van der Waals surface area contributed by atoms with Crippen molar-refractivity contribution >= 4 is 18.4 Å². The van der Waals surface area contributed by atoms with Crippen molar-refractivity contribution < 1.29 is 14.3 Å². The second-order valence-corrected chi connectivity index (χ2v) is 3.63. The van der Waals surface area contributed by atoms with Gasteiger partial charge in [-0.05, 0) is 43.2 Å². The van der Waals surface area contributed by atoms with Crippen LogP contribution in [-0.4, -0.2) is 25.0 Å². The smallest absolute Gasteiger partial charge is 0.227 e. The number of ether oxygens (including phenoxy) is 1. The molecule has 0 saturated carbocycles. The highest BCUT2D eigenvalue weighted by atomic mass is 16.5. The van der Waals surface area contributed by atoms with Crippen LogP contribution in [0.5, 0.6) is 5.75 Å². The van der Waals surface area contributed by atoms with Crippen LogP contribution in [0.15, 0.2) is 29.4 Å². The number of carbonyl (C=O) groups is 2. The van der Waals surface area contributed by atoms with E-state index in [9.17, 15) is 9.59 Å². The first-order chi connectivity index (χ1) is 8.77. The van der Waals surface area contributed by atoms with Gasteiger partial charge in [0.2, 0.25) is 6.41 Å². The van der Waals surface area contributed by atoms with E-state index in [4.69, 9.17) is 4.74 Å². The fraction of sp³-hybridized carbons (Fsp3) is 0.308. The third-order valence-corrected chi connectivity index (χ3v) is 2.29. The van der Waals surface area contributed by atoms with Gasteiger partial charge in [-0.15, -0.1) is 0 Å². The van der Waals surface area contributed by atoms with Crippen molar-refractivity contribution in [2.24, 2.45) is 5.10 Å². The molecule has 0 atom stereocenters. The van der Waals surface area contributed by atoms with Crippen molar-refractivity contribution in [3.05, 3.63) is 29.8 Å². The van der Waals surface area contributed by atoms with Crippen molar-refractivity contribution in [2.75, 3.05) is 6.61 Å². The summed E-state index contributed by atoms with van der Waals surface area (Å²) in [5.41, 5.74) is 3.88. The highest BCUT2D eigenvalue weighted by molar-refractivity contribution is 5.98. The molecule has 0 aliphatic rings. The molecule has 1 aromatic rings.